The quantitative estimate of drug-likeness (QED) is 0.806. The van der Waals surface area contributed by atoms with Crippen molar-refractivity contribution in [3.05, 3.63) is 15.8 Å². The van der Waals surface area contributed by atoms with Gasteiger partial charge >= 0.3 is 12.1 Å². The minimum Gasteiger partial charge on any atom is -0.452 e. The average molecular weight is 239 g/mol. The van der Waals surface area contributed by atoms with Crippen LogP contribution in [0, 0.1) is 6.92 Å². The highest BCUT2D eigenvalue weighted by atomic mass is 32.1. The summed E-state index contributed by atoms with van der Waals surface area (Å²) in [6, 6.07) is 1.30. The predicted octanol–water partition coefficient (Wildman–Crippen LogP) is 2.36. The highest BCUT2D eigenvalue weighted by Crippen LogP contribution is 2.24. The fraction of sp³-hybridized carbons (Fsp3) is 0.375. The molecule has 0 amide bonds. The van der Waals surface area contributed by atoms with Gasteiger partial charge in [-0.3, -0.25) is 0 Å². The Bertz CT molecular complexity index is 353. The number of hydrogen-bond donors (Lipinski definition) is 1. The SMILES string of the molecule is Cc1sc(C(=O)OCC(F)(F)F)cc1N. The van der Waals surface area contributed by atoms with E-state index in [1.54, 1.807) is 6.92 Å². The second-order valence-corrected chi connectivity index (χ2v) is 4.07. The molecule has 1 rings (SSSR count). The highest BCUT2D eigenvalue weighted by molar-refractivity contribution is 7.14. The number of esters is 1. The number of aryl methyl sites for hydroxylation is 1. The van der Waals surface area contributed by atoms with Gasteiger partial charge in [-0.15, -0.1) is 11.3 Å². The molecule has 0 aliphatic heterocycles. The third-order valence-corrected chi connectivity index (χ3v) is 2.57. The average Bonchev–Trinajstić information content (AvgIpc) is 2.42. The zero-order chi connectivity index (χ0) is 11.6. The lowest BCUT2D eigenvalue weighted by atomic mass is 10.4. The van der Waals surface area contributed by atoms with Crippen LogP contribution >= 0.6 is 11.3 Å². The van der Waals surface area contributed by atoms with Crippen molar-refractivity contribution in [1.29, 1.82) is 0 Å². The maximum Gasteiger partial charge on any atom is 0.422 e. The van der Waals surface area contributed by atoms with Gasteiger partial charge in [0.2, 0.25) is 0 Å². The topological polar surface area (TPSA) is 52.3 Å². The van der Waals surface area contributed by atoms with Crippen molar-refractivity contribution in [3.8, 4) is 0 Å². The summed E-state index contributed by atoms with van der Waals surface area (Å²) in [5.41, 5.74) is 5.81. The van der Waals surface area contributed by atoms with Crippen LogP contribution < -0.4 is 5.73 Å². The normalized spacial score (nSPS) is 11.5. The van der Waals surface area contributed by atoms with Crippen molar-refractivity contribution in [2.45, 2.75) is 13.1 Å². The van der Waals surface area contributed by atoms with Crippen LogP contribution in [-0.4, -0.2) is 18.8 Å². The molecule has 84 valence electrons. The van der Waals surface area contributed by atoms with Crippen LogP contribution in [0.4, 0.5) is 18.9 Å². The number of hydrogen-bond acceptors (Lipinski definition) is 4. The minimum atomic E-state index is -4.51. The first kappa shape index (κ1) is 11.8. The number of carbonyl (C=O) groups excluding carboxylic acids is 1. The van der Waals surface area contributed by atoms with E-state index in [-0.39, 0.29) is 4.88 Å². The standard InChI is InChI=1S/C8H8F3NO2S/c1-4-5(12)2-6(15-4)7(13)14-3-8(9,10)11/h2H,3,12H2,1H3. The molecule has 0 fully saturated rings. The lowest BCUT2D eigenvalue weighted by Crippen LogP contribution is -2.19. The van der Waals surface area contributed by atoms with E-state index in [9.17, 15) is 18.0 Å². The molecule has 0 bridgehead atoms. The van der Waals surface area contributed by atoms with Crippen LogP contribution in [0.1, 0.15) is 14.5 Å². The van der Waals surface area contributed by atoms with E-state index in [0.717, 1.165) is 11.3 Å². The monoisotopic (exact) mass is 239 g/mol. The van der Waals surface area contributed by atoms with Gasteiger partial charge in [0, 0.05) is 10.6 Å². The second kappa shape index (κ2) is 4.09. The van der Waals surface area contributed by atoms with E-state index < -0.39 is 18.8 Å². The number of rotatable bonds is 2. The Morgan fingerprint density at radius 1 is 1.60 bits per heavy atom. The van der Waals surface area contributed by atoms with Crippen molar-refractivity contribution < 1.29 is 22.7 Å². The van der Waals surface area contributed by atoms with Crippen LogP contribution in [-0.2, 0) is 4.74 Å². The molecule has 0 unspecified atom stereocenters. The zero-order valence-electron chi connectivity index (χ0n) is 7.72. The van der Waals surface area contributed by atoms with Gasteiger partial charge in [-0.25, -0.2) is 4.79 Å². The van der Waals surface area contributed by atoms with Crippen LogP contribution in [0.5, 0.6) is 0 Å². The van der Waals surface area contributed by atoms with Crippen molar-refractivity contribution in [2.75, 3.05) is 12.3 Å². The van der Waals surface area contributed by atoms with Gasteiger partial charge < -0.3 is 10.5 Å². The maximum atomic E-state index is 11.7. The molecule has 0 atom stereocenters. The van der Waals surface area contributed by atoms with E-state index in [1.165, 1.54) is 6.07 Å². The van der Waals surface area contributed by atoms with Gasteiger partial charge in [0.05, 0.1) is 0 Å². The number of ether oxygens (including phenoxy) is 1. The summed E-state index contributed by atoms with van der Waals surface area (Å²) in [6.45, 7) is 0.0865. The largest absolute Gasteiger partial charge is 0.452 e. The Hall–Kier alpha value is -1.24. The molecule has 1 heterocycles. The molecule has 0 aromatic carbocycles. The number of anilines is 1. The Kier molecular flexibility index (Phi) is 3.23. The molecule has 0 spiro atoms. The van der Waals surface area contributed by atoms with Gasteiger partial charge in [-0.05, 0) is 13.0 Å². The van der Waals surface area contributed by atoms with Crippen molar-refractivity contribution in [1.82, 2.24) is 0 Å². The first-order chi connectivity index (χ1) is 6.79. The van der Waals surface area contributed by atoms with Crippen LogP contribution in [0.25, 0.3) is 0 Å². The van der Waals surface area contributed by atoms with Crippen LogP contribution in [0.3, 0.4) is 0 Å². The van der Waals surface area contributed by atoms with E-state index in [2.05, 4.69) is 4.74 Å². The first-order valence-corrected chi connectivity index (χ1v) is 4.71. The summed E-state index contributed by atoms with van der Waals surface area (Å²) in [5.74, 6) is -1.00. The lowest BCUT2D eigenvalue weighted by molar-refractivity contribution is -0.161. The molecule has 1 aromatic heterocycles. The van der Waals surface area contributed by atoms with Crippen molar-refractivity contribution in [2.24, 2.45) is 0 Å². The van der Waals surface area contributed by atoms with Crippen molar-refractivity contribution >= 4 is 23.0 Å². The molecule has 15 heavy (non-hydrogen) atoms. The smallest absolute Gasteiger partial charge is 0.422 e. The molecule has 0 radical (unpaired) electrons. The van der Waals surface area contributed by atoms with E-state index >= 15 is 0 Å². The summed E-state index contributed by atoms with van der Waals surface area (Å²) in [5, 5.41) is 0. The molecule has 0 aliphatic rings. The number of nitrogens with two attached hydrogens (primary N) is 1. The molecule has 3 nitrogen and oxygen atoms in total. The molecular weight excluding hydrogens is 231 g/mol. The summed E-state index contributed by atoms with van der Waals surface area (Å²) in [6.07, 6.45) is -4.51. The molecular formula is C8H8F3NO2S. The summed E-state index contributed by atoms with van der Waals surface area (Å²) < 4.78 is 39.2. The zero-order valence-corrected chi connectivity index (χ0v) is 8.54. The molecule has 1 aromatic rings. The molecule has 0 saturated carbocycles. The van der Waals surface area contributed by atoms with E-state index in [4.69, 9.17) is 5.73 Å². The fourth-order valence-corrected chi connectivity index (χ4v) is 1.65. The second-order valence-electron chi connectivity index (χ2n) is 2.81. The van der Waals surface area contributed by atoms with Crippen LogP contribution in [0.15, 0.2) is 6.07 Å². The number of thiophene rings is 1. The lowest BCUT2D eigenvalue weighted by Gasteiger charge is -2.05. The van der Waals surface area contributed by atoms with E-state index in [0.29, 0.717) is 10.6 Å². The number of carbonyl (C=O) groups is 1. The number of halogens is 3. The van der Waals surface area contributed by atoms with Gasteiger partial charge in [0.1, 0.15) is 4.88 Å². The molecule has 7 heteroatoms. The van der Waals surface area contributed by atoms with Gasteiger partial charge in [-0.1, -0.05) is 0 Å². The van der Waals surface area contributed by atoms with Gasteiger partial charge in [-0.2, -0.15) is 13.2 Å². The Morgan fingerprint density at radius 2 is 2.20 bits per heavy atom. The third kappa shape index (κ3) is 3.43. The number of alkyl halides is 3. The minimum absolute atomic E-state index is 0.0780. The first-order valence-electron chi connectivity index (χ1n) is 3.89. The fourth-order valence-electron chi connectivity index (χ4n) is 0.815. The Morgan fingerprint density at radius 3 is 2.60 bits per heavy atom. The van der Waals surface area contributed by atoms with E-state index in [1.807, 2.05) is 0 Å². The summed E-state index contributed by atoms with van der Waals surface area (Å²) >= 11 is 1.01. The third-order valence-electron chi connectivity index (χ3n) is 1.52. The molecule has 0 aliphatic carbocycles. The van der Waals surface area contributed by atoms with Crippen molar-refractivity contribution in [3.63, 3.8) is 0 Å². The molecule has 0 saturated heterocycles. The number of nitrogen functional groups attached to an aromatic ring is 1. The Balaban J connectivity index is 2.62. The summed E-state index contributed by atoms with van der Waals surface area (Å²) in [4.78, 5) is 11.8. The Labute approximate surface area is 87.6 Å². The highest BCUT2D eigenvalue weighted by Gasteiger charge is 2.30. The van der Waals surface area contributed by atoms with Crippen LogP contribution in [0.2, 0.25) is 0 Å². The molecule has 2 N–H and O–H groups in total. The summed E-state index contributed by atoms with van der Waals surface area (Å²) in [7, 11) is 0. The van der Waals surface area contributed by atoms with Gasteiger partial charge in [0.25, 0.3) is 0 Å². The predicted molar refractivity (Wildman–Crippen MR) is 49.8 cm³/mol. The maximum absolute atomic E-state index is 11.7. The van der Waals surface area contributed by atoms with Gasteiger partial charge in [0.15, 0.2) is 6.61 Å².